The van der Waals surface area contributed by atoms with Crippen molar-refractivity contribution in [2.45, 2.75) is 33.3 Å². The summed E-state index contributed by atoms with van der Waals surface area (Å²) in [6.45, 7) is 6.31. The number of carbonyl (C=O) groups excluding carboxylic acids is 1. The summed E-state index contributed by atoms with van der Waals surface area (Å²) in [5.41, 5.74) is 0.435. The van der Waals surface area contributed by atoms with Gasteiger partial charge in [0.1, 0.15) is 5.75 Å². The van der Waals surface area contributed by atoms with Crippen molar-refractivity contribution in [1.29, 1.82) is 0 Å². The molecular formula is C15H24N2O3. The van der Waals surface area contributed by atoms with Gasteiger partial charge in [-0.15, -0.1) is 0 Å². The maximum absolute atomic E-state index is 11.8. The van der Waals surface area contributed by atoms with E-state index >= 15 is 0 Å². The van der Waals surface area contributed by atoms with Gasteiger partial charge in [0.2, 0.25) is 0 Å². The molecule has 112 valence electrons. The van der Waals surface area contributed by atoms with E-state index in [0.717, 1.165) is 0 Å². The smallest absolute Gasteiger partial charge is 0.319 e. The molecule has 0 aliphatic carbocycles. The van der Waals surface area contributed by atoms with Crippen LogP contribution in [0.3, 0.4) is 0 Å². The molecule has 1 aromatic rings. The third kappa shape index (κ3) is 5.09. The maximum atomic E-state index is 11.8. The third-order valence-electron chi connectivity index (χ3n) is 3.06. The van der Waals surface area contributed by atoms with Crippen molar-refractivity contribution in [3.63, 3.8) is 0 Å². The molecule has 0 bridgehead atoms. The van der Waals surface area contributed by atoms with Crippen LogP contribution in [0.4, 0.5) is 10.5 Å². The van der Waals surface area contributed by atoms with E-state index in [2.05, 4.69) is 10.6 Å². The summed E-state index contributed by atoms with van der Waals surface area (Å²) in [5.74, 6) is 0.609. The first kappa shape index (κ1) is 16.3. The standard InChI is InChI=1S/C15H24N2O3/c1-15(2,3)13(18)9-10-16-14(19)17-11-7-5-6-8-12(11)20-4/h5-8,13,18H,9-10H2,1-4H3,(H2,16,17,19). The lowest BCUT2D eigenvalue weighted by atomic mass is 9.87. The van der Waals surface area contributed by atoms with Gasteiger partial charge in [-0.1, -0.05) is 32.9 Å². The Labute approximate surface area is 120 Å². The van der Waals surface area contributed by atoms with Crippen LogP contribution in [-0.4, -0.2) is 30.9 Å². The quantitative estimate of drug-likeness (QED) is 0.776. The van der Waals surface area contributed by atoms with E-state index in [0.29, 0.717) is 24.4 Å². The fraction of sp³-hybridized carbons (Fsp3) is 0.533. The van der Waals surface area contributed by atoms with Gasteiger partial charge in [0.05, 0.1) is 18.9 Å². The first-order valence-electron chi connectivity index (χ1n) is 6.70. The lowest BCUT2D eigenvalue weighted by Crippen LogP contribution is -2.34. The van der Waals surface area contributed by atoms with Crippen LogP contribution in [0.25, 0.3) is 0 Å². The van der Waals surface area contributed by atoms with Crippen LogP contribution in [0.15, 0.2) is 24.3 Å². The van der Waals surface area contributed by atoms with Gasteiger partial charge in [0.25, 0.3) is 0 Å². The summed E-state index contributed by atoms with van der Waals surface area (Å²) < 4.78 is 5.15. The number of ether oxygens (including phenoxy) is 1. The minimum atomic E-state index is -0.450. The summed E-state index contributed by atoms with van der Waals surface area (Å²) in [6.07, 6.45) is 0.0668. The van der Waals surface area contributed by atoms with E-state index in [-0.39, 0.29) is 11.4 Å². The number of aliphatic hydroxyl groups is 1. The summed E-state index contributed by atoms with van der Waals surface area (Å²) in [4.78, 5) is 11.8. The summed E-state index contributed by atoms with van der Waals surface area (Å²) in [6, 6.07) is 6.89. The van der Waals surface area contributed by atoms with Crippen LogP contribution in [0.1, 0.15) is 27.2 Å². The predicted molar refractivity (Wildman–Crippen MR) is 80.1 cm³/mol. The zero-order valence-electron chi connectivity index (χ0n) is 12.6. The van der Waals surface area contributed by atoms with E-state index in [1.807, 2.05) is 32.9 Å². The van der Waals surface area contributed by atoms with Crippen LogP contribution in [0, 0.1) is 5.41 Å². The van der Waals surface area contributed by atoms with Crippen LogP contribution < -0.4 is 15.4 Å². The summed E-state index contributed by atoms with van der Waals surface area (Å²) >= 11 is 0. The molecule has 0 fully saturated rings. The molecule has 5 heteroatoms. The zero-order chi connectivity index (χ0) is 15.2. The highest BCUT2D eigenvalue weighted by Gasteiger charge is 2.21. The van der Waals surface area contributed by atoms with Crippen molar-refractivity contribution >= 4 is 11.7 Å². The van der Waals surface area contributed by atoms with Gasteiger partial charge < -0.3 is 20.5 Å². The van der Waals surface area contributed by atoms with Gasteiger partial charge in [-0.3, -0.25) is 0 Å². The van der Waals surface area contributed by atoms with Gasteiger partial charge in [0.15, 0.2) is 0 Å². The Balaban J connectivity index is 2.41. The Kier molecular flexibility index (Phi) is 5.82. The molecule has 3 N–H and O–H groups in total. The fourth-order valence-electron chi connectivity index (χ4n) is 1.67. The Morgan fingerprint density at radius 3 is 2.60 bits per heavy atom. The van der Waals surface area contributed by atoms with Crippen molar-refractivity contribution in [2.24, 2.45) is 5.41 Å². The number of rotatable bonds is 5. The van der Waals surface area contributed by atoms with Gasteiger partial charge in [-0.25, -0.2) is 4.79 Å². The molecule has 20 heavy (non-hydrogen) atoms. The number of amides is 2. The van der Waals surface area contributed by atoms with Crippen LogP contribution >= 0.6 is 0 Å². The highest BCUT2D eigenvalue weighted by atomic mass is 16.5. The Morgan fingerprint density at radius 2 is 2.00 bits per heavy atom. The normalized spacial score (nSPS) is 12.7. The number of para-hydroxylation sites is 2. The minimum Gasteiger partial charge on any atom is -0.495 e. The van der Waals surface area contributed by atoms with Crippen LogP contribution in [0.2, 0.25) is 0 Å². The van der Waals surface area contributed by atoms with Gasteiger partial charge in [-0.05, 0) is 24.0 Å². The van der Waals surface area contributed by atoms with Crippen molar-refractivity contribution in [3.05, 3.63) is 24.3 Å². The fourth-order valence-corrected chi connectivity index (χ4v) is 1.67. The second kappa shape index (κ2) is 7.14. The molecule has 1 aromatic carbocycles. The third-order valence-corrected chi connectivity index (χ3v) is 3.06. The highest BCUT2D eigenvalue weighted by molar-refractivity contribution is 5.90. The number of methoxy groups -OCH3 is 1. The van der Waals surface area contributed by atoms with E-state index in [1.165, 1.54) is 0 Å². The first-order chi connectivity index (χ1) is 9.34. The number of hydrogen-bond acceptors (Lipinski definition) is 3. The molecule has 0 aromatic heterocycles. The zero-order valence-corrected chi connectivity index (χ0v) is 12.6. The second-order valence-corrected chi connectivity index (χ2v) is 5.75. The SMILES string of the molecule is COc1ccccc1NC(=O)NCCC(O)C(C)(C)C. The number of anilines is 1. The average Bonchev–Trinajstić information content (AvgIpc) is 2.38. The van der Waals surface area contributed by atoms with E-state index in [1.54, 1.807) is 19.2 Å². The molecule has 2 amide bonds. The monoisotopic (exact) mass is 280 g/mol. The molecule has 0 aliphatic rings. The predicted octanol–water partition coefficient (Wildman–Crippen LogP) is 2.61. The number of urea groups is 1. The maximum Gasteiger partial charge on any atom is 0.319 e. The van der Waals surface area contributed by atoms with Crippen molar-refractivity contribution in [2.75, 3.05) is 19.0 Å². The molecule has 5 nitrogen and oxygen atoms in total. The van der Waals surface area contributed by atoms with Crippen molar-refractivity contribution in [1.82, 2.24) is 5.32 Å². The molecule has 0 radical (unpaired) electrons. The van der Waals surface area contributed by atoms with Gasteiger partial charge in [-0.2, -0.15) is 0 Å². The van der Waals surface area contributed by atoms with E-state index in [9.17, 15) is 9.90 Å². The number of nitrogens with one attached hydrogen (secondary N) is 2. The van der Waals surface area contributed by atoms with E-state index < -0.39 is 6.10 Å². The van der Waals surface area contributed by atoms with E-state index in [4.69, 9.17) is 4.74 Å². The minimum absolute atomic E-state index is 0.180. The molecule has 0 saturated carbocycles. The Morgan fingerprint density at radius 1 is 1.35 bits per heavy atom. The molecule has 1 atom stereocenters. The van der Waals surface area contributed by atoms with Crippen molar-refractivity contribution in [3.8, 4) is 5.75 Å². The Hall–Kier alpha value is -1.75. The topological polar surface area (TPSA) is 70.6 Å². The molecule has 1 rings (SSSR count). The lowest BCUT2D eigenvalue weighted by molar-refractivity contribution is 0.0565. The Bertz CT molecular complexity index is 441. The second-order valence-electron chi connectivity index (χ2n) is 5.75. The number of carbonyl (C=O) groups is 1. The molecule has 0 spiro atoms. The van der Waals surface area contributed by atoms with Crippen molar-refractivity contribution < 1.29 is 14.6 Å². The molecular weight excluding hydrogens is 256 g/mol. The molecule has 0 aliphatic heterocycles. The number of benzene rings is 1. The largest absolute Gasteiger partial charge is 0.495 e. The first-order valence-corrected chi connectivity index (χ1v) is 6.70. The van der Waals surface area contributed by atoms with Crippen LogP contribution in [-0.2, 0) is 0 Å². The summed E-state index contributed by atoms with van der Waals surface area (Å²) in [7, 11) is 1.55. The number of hydrogen-bond donors (Lipinski definition) is 3. The lowest BCUT2D eigenvalue weighted by Gasteiger charge is -2.25. The van der Waals surface area contributed by atoms with Gasteiger partial charge >= 0.3 is 6.03 Å². The van der Waals surface area contributed by atoms with Gasteiger partial charge in [0, 0.05) is 6.54 Å². The van der Waals surface area contributed by atoms with Crippen LogP contribution in [0.5, 0.6) is 5.75 Å². The summed E-state index contributed by atoms with van der Waals surface area (Å²) in [5, 5.41) is 15.3. The molecule has 1 unspecified atom stereocenters. The number of aliphatic hydroxyl groups excluding tert-OH is 1. The highest BCUT2D eigenvalue weighted by Crippen LogP contribution is 2.23. The average molecular weight is 280 g/mol. The molecule has 0 heterocycles. The molecule has 0 saturated heterocycles.